The molecule has 1 amide bonds. The Balaban J connectivity index is 1.37. The number of rotatable bonds is 6. The van der Waals surface area contributed by atoms with Crippen molar-refractivity contribution in [2.75, 3.05) is 32.1 Å². The van der Waals surface area contributed by atoms with Crippen molar-refractivity contribution in [1.82, 2.24) is 25.2 Å². The van der Waals surface area contributed by atoms with Crippen LogP contribution in [0.15, 0.2) is 41.5 Å². The van der Waals surface area contributed by atoms with Crippen LogP contribution in [0.4, 0.5) is 5.69 Å². The first-order valence-electron chi connectivity index (χ1n) is 10.1. The number of likely N-dealkylation sites (tertiary alicyclic amines) is 1. The van der Waals surface area contributed by atoms with Crippen molar-refractivity contribution in [1.29, 1.82) is 0 Å². The second-order valence-corrected chi connectivity index (χ2v) is 7.69. The first-order valence-corrected chi connectivity index (χ1v) is 10.1. The van der Waals surface area contributed by atoms with Gasteiger partial charge >= 0.3 is 0 Å². The molecule has 156 valence electrons. The predicted molar refractivity (Wildman–Crippen MR) is 117 cm³/mol. The summed E-state index contributed by atoms with van der Waals surface area (Å²) in [6, 6.07) is 7.94. The van der Waals surface area contributed by atoms with E-state index in [9.17, 15) is 9.59 Å². The third-order valence-electron chi connectivity index (χ3n) is 5.71. The molecule has 0 bridgehead atoms. The van der Waals surface area contributed by atoms with E-state index in [1.165, 1.54) is 0 Å². The molecule has 0 aromatic carbocycles. The SMILES string of the molecule is CCc1cc2ncc(CN3CC(N(C)c4ccc(C(=O)NC)nc4)C3)cc2[nH]c1=O. The van der Waals surface area contributed by atoms with Crippen LogP contribution >= 0.6 is 0 Å². The van der Waals surface area contributed by atoms with Gasteiger partial charge in [0.25, 0.3) is 11.5 Å². The monoisotopic (exact) mass is 406 g/mol. The number of aromatic amines is 1. The number of nitrogens with zero attached hydrogens (tertiary/aromatic N) is 4. The number of anilines is 1. The Bertz CT molecular complexity index is 1120. The zero-order valence-electron chi connectivity index (χ0n) is 17.5. The summed E-state index contributed by atoms with van der Waals surface area (Å²) in [5, 5.41) is 2.58. The molecule has 3 aromatic rings. The molecule has 2 N–H and O–H groups in total. The zero-order valence-corrected chi connectivity index (χ0v) is 17.5. The molecule has 0 atom stereocenters. The lowest BCUT2D eigenvalue weighted by Crippen LogP contribution is -2.58. The van der Waals surface area contributed by atoms with E-state index in [1.54, 1.807) is 19.3 Å². The molecule has 1 fully saturated rings. The lowest BCUT2D eigenvalue weighted by molar-refractivity contribution is 0.0958. The number of aryl methyl sites for hydroxylation is 1. The molecule has 1 aliphatic heterocycles. The van der Waals surface area contributed by atoms with Gasteiger partial charge in [0, 0.05) is 45.5 Å². The van der Waals surface area contributed by atoms with E-state index in [0.29, 0.717) is 18.2 Å². The molecule has 4 heterocycles. The van der Waals surface area contributed by atoms with Crippen LogP contribution in [0.2, 0.25) is 0 Å². The van der Waals surface area contributed by atoms with E-state index >= 15 is 0 Å². The van der Waals surface area contributed by atoms with Crippen LogP contribution in [0, 0.1) is 0 Å². The van der Waals surface area contributed by atoms with Crippen molar-refractivity contribution in [3.05, 3.63) is 63.8 Å². The molecular formula is C22H26N6O2. The summed E-state index contributed by atoms with van der Waals surface area (Å²) in [4.78, 5) is 39.9. The van der Waals surface area contributed by atoms with Gasteiger partial charge in [-0.05, 0) is 36.2 Å². The molecule has 1 saturated heterocycles. The summed E-state index contributed by atoms with van der Waals surface area (Å²) in [5.41, 5.74) is 4.82. The standard InChI is InChI=1S/C22H26N6O2/c1-4-15-8-19-20(26-21(15)29)7-14(9-24-19)11-28-12-17(13-28)27(3)16-5-6-18(25-10-16)22(30)23-2/h5-10,17H,4,11-13H2,1-3H3,(H,23,30)(H,26,29). The zero-order chi connectivity index (χ0) is 21.3. The lowest BCUT2D eigenvalue weighted by atomic mass is 10.1. The van der Waals surface area contributed by atoms with Crippen LogP contribution in [0.25, 0.3) is 11.0 Å². The smallest absolute Gasteiger partial charge is 0.269 e. The van der Waals surface area contributed by atoms with Gasteiger partial charge in [0.15, 0.2) is 0 Å². The van der Waals surface area contributed by atoms with E-state index in [4.69, 9.17) is 0 Å². The van der Waals surface area contributed by atoms with Crippen molar-refractivity contribution in [2.24, 2.45) is 0 Å². The van der Waals surface area contributed by atoms with Crippen molar-refractivity contribution < 1.29 is 4.79 Å². The van der Waals surface area contributed by atoms with Crippen LogP contribution < -0.4 is 15.8 Å². The third-order valence-corrected chi connectivity index (χ3v) is 5.71. The number of hydrogen-bond donors (Lipinski definition) is 2. The minimum Gasteiger partial charge on any atom is -0.368 e. The minimum absolute atomic E-state index is 0.0364. The van der Waals surface area contributed by atoms with Gasteiger partial charge in [-0.1, -0.05) is 6.92 Å². The number of amides is 1. The summed E-state index contributed by atoms with van der Waals surface area (Å²) < 4.78 is 0. The van der Waals surface area contributed by atoms with Crippen molar-refractivity contribution in [2.45, 2.75) is 25.9 Å². The first-order chi connectivity index (χ1) is 14.5. The van der Waals surface area contributed by atoms with Gasteiger partial charge in [-0.2, -0.15) is 0 Å². The summed E-state index contributed by atoms with van der Waals surface area (Å²) in [5.74, 6) is -0.185. The van der Waals surface area contributed by atoms with Crippen LogP contribution in [-0.4, -0.2) is 59.0 Å². The van der Waals surface area contributed by atoms with Crippen LogP contribution in [0.5, 0.6) is 0 Å². The number of carbonyl (C=O) groups excluding carboxylic acids is 1. The normalized spacial score (nSPS) is 14.5. The molecular weight excluding hydrogens is 380 g/mol. The van der Waals surface area contributed by atoms with Gasteiger partial charge in [0.2, 0.25) is 0 Å². The van der Waals surface area contributed by atoms with E-state index in [2.05, 4.69) is 30.1 Å². The van der Waals surface area contributed by atoms with Crippen LogP contribution in [0.3, 0.4) is 0 Å². The van der Waals surface area contributed by atoms with Crippen LogP contribution in [-0.2, 0) is 13.0 Å². The molecule has 8 nitrogen and oxygen atoms in total. The van der Waals surface area contributed by atoms with Crippen molar-refractivity contribution >= 4 is 22.6 Å². The first kappa shape index (κ1) is 20.0. The molecule has 8 heteroatoms. The fraction of sp³-hybridized carbons (Fsp3) is 0.364. The summed E-state index contributed by atoms with van der Waals surface area (Å²) in [6.07, 6.45) is 4.32. The largest absolute Gasteiger partial charge is 0.368 e. The Kier molecular flexibility index (Phi) is 5.50. The number of aromatic nitrogens is 3. The van der Waals surface area contributed by atoms with Gasteiger partial charge in [-0.3, -0.25) is 19.5 Å². The predicted octanol–water partition coefficient (Wildman–Crippen LogP) is 1.56. The molecule has 0 spiro atoms. The average molecular weight is 406 g/mol. The highest BCUT2D eigenvalue weighted by molar-refractivity contribution is 5.92. The summed E-state index contributed by atoms with van der Waals surface area (Å²) >= 11 is 0. The van der Waals surface area contributed by atoms with Crippen molar-refractivity contribution in [3.8, 4) is 0 Å². The Hall–Kier alpha value is -3.26. The molecule has 3 aromatic heterocycles. The van der Waals surface area contributed by atoms with E-state index in [0.717, 1.165) is 47.5 Å². The Morgan fingerprint density at radius 1 is 1.27 bits per heavy atom. The van der Waals surface area contributed by atoms with E-state index in [1.807, 2.05) is 38.4 Å². The highest BCUT2D eigenvalue weighted by Gasteiger charge is 2.30. The molecule has 30 heavy (non-hydrogen) atoms. The molecule has 0 unspecified atom stereocenters. The quantitative estimate of drug-likeness (QED) is 0.645. The van der Waals surface area contributed by atoms with Gasteiger partial charge < -0.3 is 15.2 Å². The number of hydrogen-bond acceptors (Lipinski definition) is 6. The lowest BCUT2D eigenvalue weighted by Gasteiger charge is -2.44. The Morgan fingerprint density at radius 2 is 2.07 bits per heavy atom. The highest BCUT2D eigenvalue weighted by atomic mass is 16.1. The number of nitrogens with one attached hydrogen (secondary N) is 2. The summed E-state index contributed by atoms with van der Waals surface area (Å²) in [6.45, 7) is 4.61. The van der Waals surface area contributed by atoms with Gasteiger partial charge in [0.1, 0.15) is 5.69 Å². The maximum Gasteiger partial charge on any atom is 0.269 e. The molecule has 0 aliphatic carbocycles. The molecule has 0 radical (unpaired) electrons. The molecule has 0 saturated carbocycles. The average Bonchev–Trinajstić information content (AvgIpc) is 2.74. The maximum atomic E-state index is 12.1. The minimum atomic E-state index is -0.185. The van der Waals surface area contributed by atoms with Crippen molar-refractivity contribution in [3.63, 3.8) is 0 Å². The fourth-order valence-electron chi connectivity index (χ4n) is 3.76. The fourth-order valence-corrected chi connectivity index (χ4v) is 3.76. The maximum absolute atomic E-state index is 12.1. The highest BCUT2D eigenvalue weighted by Crippen LogP contribution is 2.23. The van der Waals surface area contributed by atoms with E-state index < -0.39 is 0 Å². The van der Waals surface area contributed by atoms with Gasteiger partial charge in [0.05, 0.1) is 29.0 Å². The second-order valence-electron chi connectivity index (χ2n) is 7.69. The Morgan fingerprint density at radius 3 is 2.73 bits per heavy atom. The number of pyridine rings is 3. The topological polar surface area (TPSA) is 94.2 Å². The van der Waals surface area contributed by atoms with Gasteiger partial charge in [-0.15, -0.1) is 0 Å². The second kappa shape index (κ2) is 8.23. The number of fused-ring (bicyclic) bond motifs is 1. The number of carbonyl (C=O) groups is 1. The third kappa shape index (κ3) is 3.91. The number of likely N-dealkylation sites (N-methyl/N-ethyl adjacent to an activating group) is 1. The molecule has 4 rings (SSSR count). The summed E-state index contributed by atoms with van der Waals surface area (Å²) in [7, 11) is 3.64. The Labute approximate surface area is 175 Å². The van der Waals surface area contributed by atoms with Crippen LogP contribution in [0.1, 0.15) is 28.5 Å². The molecule has 1 aliphatic rings. The van der Waals surface area contributed by atoms with Gasteiger partial charge in [-0.25, -0.2) is 4.98 Å². The van der Waals surface area contributed by atoms with E-state index in [-0.39, 0.29) is 11.5 Å². The number of H-pyrrole nitrogens is 1.